The normalized spacial score (nSPS) is 16.7. The summed E-state index contributed by atoms with van der Waals surface area (Å²) in [6, 6.07) is 13.3. The van der Waals surface area contributed by atoms with Crippen LogP contribution in [0.2, 0.25) is 0 Å². The molecule has 2 aromatic carbocycles. The predicted octanol–water partition coefficient (Wildman–Crippen LogP) is 3.32. The Labute approximate surface area is 177 Å². The van der Waals surface area contributed by atoms with E-state index in [-0.39, 0.29) is 29.6 Å². The van der Waals surface area contributed by atoms with Crippen LogP contribution < -0.4 is 10.0 Å². The van der Waals surface area contributed by atoms with Crippen molar-refractivity contribution in [1.82, 2.24) is 4.72 Å². The SMILES string of the molecule is CC(C)OCc1cccc(NC(=O)c2ccc(S(=O)(=O)NCC3CCCO3)cc2)c1. The molecule has 1 atom stereocenters. The third-order valence-corrected chi connectivity index (χ3v) is 6.16. The number of hydrogen-bond acceptors (Lipinski definition) is 5. The Morgan fingerprint density at radius 2 is 1.97 bits per heavy atom. The van der Waals surface area contributed by atoms with Gasteiger partial charge in [-0.05, 0) is 68.7 Å². The van der Waals surface area contributed by atoms with E-state index in [1.165, 1.54) is 24.3 Å². The van der Waals surface area contributed by atoms with Crippen LogP contribution >= 0.6 is 0 Å². The fraction of sp³-hybridized carbons (Fsp3) is 0.409. The first-order valence-electron chi connectivity index (χ1n) is 10.1. The van der Waals surface area contributed by atoms with Gasteiger partial charge in [0.1, 0.15) is 0 Å². The third kappa shape index (κ3) is 6.37. The van der Waals surface area contributed by atoms with E-state index in [1.54, 1.807) is 6.07 Å². The van der Waals surface area contributed by atoms with Crippen LogP contribution in [0.5, 0.6) is 0 Å². The lowest BCUT2D eigenvalue weighted by atomic mass is 10.2. The molecule has 2 N–H and O–H groups in total. The average Bonchev–Trinajstić information content (AvgIpc) is 3.25. The molecule has 162 valence electrons. The van der Waals surface area contributed by atoms with Gasteiger partial charge in [0.25, 0.3) is 5.91 Å². The summed E-state index contributed by atoms with van der Waals surface area (Å²) in [5.74, 6) is -0.312. The molecular formula is C22H28N2O5S. The second-order valence-corrected chi connectivity index (χ2v) is 9.29. The molecule has 1 saturated heterocycles. The molecule has 0 bridgehead atoms. The van der Waals surface area contributed by atoms with Crippen molar-refractivity contribution in [2.24, 2.45) is 0 Å². The summed E-state index contributed by atoms with van der Waals surface area (Å²) in [5, 5.41) is 2.83. The van der Waals surface area contributed by atoms with Crippen molar-refractivity contribution >= 4 is 21.6 Å². The standard InChI is InChI=1S/C22H28N2O5S/c1-16(2)29-15-17-5-3-6-19(13-17)24-22(25)18-8-10-21(11-9-18)30(26,27)23-14-20-7-4-12-28-20/h3,5-6,8-11,13,16,20,23H,4,7,12,14-15H2,1-2H3,(H,24,25). The van der Waals surface area contributed by atoms with Crippen molar-refractivity contribution in [2.45, 2.75) is 50.4 Å². The second-order valence-electron chi connectivity index (χ2n) is 7.53. The Morgan fingerprint density at radius 3 is 2.63 bits per heavy atom. The zero-order chi connectivity index (χ0) is 21.6. The van der Waals surface area contributed by atoms with E-state index in [2.05, 4.69) is 10.0 Å². The lowest BCUT2D eigenvalue weighted by molar-refractivity contribution is 0.0657. The lowest BCUT2D eigenvalue weighted by Gasteiger charge is -2.12. The van der Waals surface area contributed by atoms with Crippen molar-refractivity contribution < 1.29 is 22.7 Å². The summed E-state index contributed by atoms with van der Waals surface area (Å²) in [6.45, 7) is 5.32. The van der Waals surface area contributed by atoms with Crippen molar-refractivity contribution in [3.05, 3.63) is 59.7 Å². The van der Waals surface area contributed by atoms with Crippen molar-refractivity contribution in [2.75, 3.05) is 18.5 Å². The number of sulfonamides is 1. The maximum Gasteiger partial charge on any atom is 0.255 e. The highest BCUT2D eigenvalue weighted by Gasteiger charge is 2.20. The summed E-state index contributed by atoms with van der Waals surface area (Å²) in [7, 11) is -3.64. The molecule has 1 heterocycles. The molecule has 1 fully saturated rings. The van der Waals surface area contributed by atoms with Gasteiger partial charge >= 0.3 is 0 Å². The molecule has 1 aliphatic rings. The lowest BCUT2D eigenvalue weighted by Crippen LogP contribution is -2.31. The topological polar surface area (TPSA) is 93.7 Å². The van der Waals surface area contributed by atoms with Crippen LogP contribution in [0.15, 0.2) is 53.4 Å². The van der Waals surface area contributed by atoms with Gasteiger partial charge in [-0.25, -0.2) is 13.1 Å². The summed E-state index contributed by atoms with van der Waals surface area (Å²) >= 11 is 0. The Morgan fingerprint density at radius 1 is 1.20 bits per heavy atom. The van der Waals surface area contributed by atoms with Crippen molar-refractivity contribution in [3.8, 4) is 0 Å². The minimum absolute atomic E-state index is 0.0773. The molecule has 8 heteroatoms. The number of benzene rings is 2. The maximum atomic E-state index is 12.5. The van der Waals surface area contributed by atoms with Gasteiger partial charge in [0.05, 0.1) is 23.7 Å². The summed E-state index contributed by atoms with van der Waals surface area (Å²) in [5.41, 5.74) is 1.98. The van der Waals surface area contributed by atoms with Crippen LogP contribution in [0.25, 0.3) is 0 Å². The predicted molar refractivity (Wildman–Crippen MR) is 115 cm³/mol. The first-order valence-corrected chi connectivity index (χ1v) is 11.5. The summed E-state index contributed by atoms with van der Waals surface area (Å²) < 4.78 is 38.4. The number of rotatable bonds is 9. The second kappa shape index (κ2) is 10.2. The molecule has 3 rings (SSSR count). The van der Waals surface area contributed by atoms with E-state index >= 15 is 0 Å². The Hall–Kier alpha value is -2.26. The van der Waals surface area contributed by atoms with Gasteiger partial charge in [-0.3, -0.25) is 4.79 Å². The number of ether oxygens (including phenoxy) is 2. The largest absolute Gasteiger partial charge is 0.377 e. The Kier molecular flexibility index (Phi) is 7.60. The molecule has 0 radical (unpaired) electrons. The van der Waals surface area contributed by atoms with E-state index in [1.807, 2.05) is 32.0 Å². The monoisotopic (exact) mass is 432 g/mol. The van der Waals surface area contributed by atoms with Crippen LogP contribution in [0.1, 0.15) is 42.6 Å². The van der Waals surface area contributed by atoms with Crippen LogP contribution in [-0.2, 0) is 26.1 Å². The highest BCUT2D eigenvalue weighted by molar-refractivity contribution is 7.89. The van der Waals surface area contributed by atoms with E-state index in [0.717, 1.165) is 18.4 Å². The Bertz CT molecular complexity index is 952. The van der Waals surface area contributed by atoms with Gasteiger partial charge in [0.2, 0.25) is 10.0 Å². The fourth-order valence-corrected chi connectivity index (χ4v) is 4.15. The van der Waals surface area contributed by atoms with Gasteiger partial charge in [-0.15, -0.1) is 0 Å². The van der Waals surface area contributed by atoms with Crippen LogP contribution in [0, 0.1) is 0 Å². The maximum absolute atomic E-state index is 12.5. The van der Waals surface area contributed by atoms with Gasteiger partial charge in [0.15, 0.2) is 0 Å². The van der Waals surface area contributed by atoms with Crippen molar-refractivity contribution in [1.29, 1.82) is 0 Å². The molecule has 30 heavy (non-hydrogen) atoms. The fourth-order valence-electron chi connectivity index (χ4n) is 3.08. The molecule has 2 aromatic rings. The molecule has 0 aromatic heterocycles. The van der Waals surface area contributed by atoms with Crippen LogP contribution in [0.4, 0.5) is 5.69 Å². The van der Waals surface area contributed by atoms with Gasteiger partial charge < -0.3 is 14.8 Å². The van der Waals surface area contributed by atoms with Gasteiger partial charge in [-0.1, -0.05) is 12.1 Å². The average molecular weight is 433 g/mol. The number of carbonyl (C=O) groups excluding carboxylic acids is 1. The molecule has 1 aliphatic heterocycles. The molecular weight excluding hydrogens is 404 g/mol. The van der Waals surface area contributed by atoms with Gasteiger partial charge in [-0.2, -0.15) is 0 Å². The number of anilines is 1. The number of hydrogen-bond donors (Lipinski definition) is 2. The number of nitrogens with one attached hydrogen (secondary N) is 2. The number of amides is 1. The zero-order valence-corrected chi connectivity index (χ0v) is 18.1. The highest BCUT2D eigenvalue weighted by Crippen LogP contribution is 2.16. The van der Waals surface area contributed by atoms with Crippen LogP contribution in [0.3, 0.4) is 0 Å². The van der Waals surface area contributed by atoms with E-state index < -0.39 is 10.0 Å². The Balaban J connectivity index is 1.60. The molecule has 1 amide bonds. The summed E-state index contributed by atoms with van der Waals surface area (Å²) in [6.07, 6.45) is 1.85. The van der Waals surface area contributed by atoms with Gasteiger partial charge in [0, 0.05) is 24.4 Å². The van der Waals surface area contributed by atoms with Crippen molar-refractivity contribution in [3.63, 3.8) is 0 Å². The summed E-state index contributed by atoms with van der Waals surface area (Å²) in [4.78, 5) is 12.6. The molecule has 0 saturated carbocycles. The highest BCUT2D eigenvalue weighted by atomic mass is 32.2. The van der Waals surface area contributed by atoms with Crippen LogP contribution in [-0.4, -0.2) is 39.7 Å². The minimum Gasteiger partial charge on any atom is -0.377 e. The first-order chi connectivity index (χ1) is 14.3. The zero-order valence-electron chi connectivity index (χ0n) is 17.3. The smallest absolute Gasteiger partial charge is 0.255 e. The molecule has 0 aliphatic carbocycles. The third-order valence-electron chi connectivity index (χ3n) is 4.72. The molecule has 7 nitrogen and oxygen atoms in total. The molecule has 1 unspecified atom stereocenters. The quantitative estimate of drug-likeness (QED) is 0.634. The number of carbonyl (C=O) groups is 1. The van der Waals surface area contributed by atoms with E-state index in [9.17, 15) is 13.2 Å². The first kappa shape index (κ1) is 22.4. The minimum atomic E-state index is -3.64. The van der Waals surface area contributed by atoms with E-state index in [4.69, 9.17) is 9.47 Å². The molecule has 0 spiro atoms. The van der Waals surface area contributed by atoms with E-state index in [0.29, 0.717) is 24.5 Å².